The highest BCUT2D eigenvalue weighted by atomic mass is 35.5. The van der Waals surface area contributed by atoms with Gasteiger partial charge in [-0.05, 0) is 12.5 Å². The van der Waals surface area contributed by atoms with Crippen LogP contribution >= 0.6 is 11.6 Å². The molecule has 21 heavy (non-hydrogen) atoms. The highest BCUT2D eigenvalue weighted by Gasteiger charge is 2.38. The van der Waals surface area contributed by atoms with Gasteiger partial charge in [-0.15, -0.1) is 0 Å². The van der Waals surface area contributed by atoms with Crippen LogP contribution in [0, 0.1) is 0 Å². The molecular weight excluding hydrogens is 288 g/mol. The second-order valence-electron chi connectivity index (χ2n) is 5.36. The number of hydrogen-bond donors (Lipinski definition) is 1. The smallest absolute Gasteiger partial charge is 0.254 e. The summed E-state index contributed by atoms with van der Waals surface area (Å²) in [5.41, 5.74) is 1.54. The summed E-state index contributed by atoms with van der Waals surface area (Å²) in [5, 5.41) is 3.28. The van der Waals surface area contributed by atoms with Crippen molar-refractivity contribution in [2.45, 2.75) is 45.6 Å². The minimum atomic E-state index is -0.609. The van der Waals surface area contributed by atoms with Crippen LogP contribution in [-0.2, 0) is 9.59 Å². The summed E-state index contributed by atoms with van der Waals surface area (Å²) in [4.78, 5) is 25.6. The largest absolute Gasteiger partial charge is 0.341 e. The fourth-order valence-corrected chi connectivity index (χ4v) is 2.99. The summed E-state index contributed by atoms with van der Waals surface area (Å²) in [5.74, 6) is -0.308. The average molecular weight is 309 g/mol. The standard InChI is InChI=1S/C16H21ClN2O2/c1-3-4-5-6-10-19-15-12(8-7-9-13(15)17)14(16(19)21)18-11(2)20/h7-9,14H,3-6,10H2,1-2H3,(H,18,20)/t14-/m0/s1. The molecule has 1 aromatic carbocycles. The summed E-state index contributed by atoms with van der Waals surface area (Å²) in [6.07, 6.45) is 4.34. The van der Waals surface area contributed by atoms with E-state index in [0.717, 1.165) is 36.9 Å². The highest BCUT2D eigenvalue weighted by molar-refractivity contribution is 6.34. The number of halogens is 1. The number of amides is 2. The minimum absolute atomic E-state index is 0.0928. The molecule has 2 rings (SSSR count). The summed E-state index contributed by atoms with van der Waals surface area (Å²) in [6, 6.07) is 4.83. The molecule has 1 heterocycles. The minimum Gasteiger partial charge on any atom is -0.341 e. The number of unbranched alkanes of at least 4 members (excludes halogenated alkanes) is 3. The van der Waals surface area contributed by atoms with E-state index in [0.29, 0.717) is 11.6 Å². The molecule has 0 bridgehead atoms. The van der Waals surface area contributed by atoms with Gasteiger partial charge in [0.25, 0.3) is 5.91 Å². The molecule has 0 radical (unpaired) electrons. The Labute approximate surface area is 130 Å². The van der Waals surface area contributed by atoms with E-state index < -0.39 is 6.04 Å². The normalized spacial score (nSPS) is 17.0. The van der Waals surface area contributed by atoms with Gasteiger partial charge < -0.3 is 10.2 Å². The van der Waals surface area contributed by atoms with Crippen molar-refractivity contribution >= 4 is 29.1 Å². The van der Waals surface area contributed by atoms with Crippen LogP contribution in [0.25, 0.3) is 0 Å². The summed E-state index contributed by atoms with van der Waals surface area (Å²) >= 11 is 6.27. The maximum atomic E-state index is 12.6. The number of rotatable bonds is 6. The van der Waals surface area contributed by atoms with E-state index in [4.69, 9.17) is 11.6 Å². The number of fused-ring (bicyclic) bond motifs is 1. The van der Waals surface area contributed by atoms with Gasteiger partial charge in [-0.1, -0.05) is 49.9 Å². The third kappa shape index (κ3) is 3.38. The predicted octanol–water partition coefficient (Wildman–Crippen LogP) is 3.44. The van der Waals surface area contributed by atoms with Gasteiger partial charge in [0.1, 0.15) is 6.04 Å². The summed E-state index contributed by atoms with van der Waals surface area (Å²) in [7, 11) is 0. The van der Waals surface area contributed by atoms with Crippen LogP contribution in [0.4, 0.5) is 5.69 Å². The van der Waals surface area contributed by atoms with Crippen molar-refractivity contribution in [3.8, 4) is 0 Å². The third-order valence-corrected chi connectivity index (χ3v) is 4.00. The Balaban J connectivity index is 2.22. The Morgan fingerprint density at radius 3 is 2.76 bits per heavy atom. The molecule has 0 spiro atoms. The number of para-hydroxylation sites is 1. The first-order chi connectivity index (χ1) is 10.1. The number of carbonyl (C=O) groups excluding carboxylic acids is 2. The SMILES string of the molecule is CCCCCCN1C(=O)[C@@H](NC(C)=O)c2cccc(Cl)c21. The highest BCUT2D eigenvalue weighted by Crippen LogP contribution is 2.41. The van der Waals surface area contributed by atoms with E-state index in [1.165, 1.54) is 6.92 Å². The van der Waals surface area contributed by atoms with Crippen LogP contribution in [0.1, 0.15) is 51.1 Å². The van der Waals surface area contributed by atoms with Crippen molar-refractivity contribution in [1.29, 1.82) is 0 Å². The molecule has 0 saturated carbocycles. The van der Waals surface area contributed by atoms with Crippen molar-refractivity contribution in [2.75, 3.05) is 11.4 Å². The van der Waals surface area contributed by atoms with Crippen LogP contribution < -0.4 is 10.2 Å². The number of carbonyl (C=O) groups is 2. The van der Waals surface area contributed by atoms with E-state index in [1.807, 2.05) is 12.1 Å². The van der Waals surface area contributed by atoms with Gasteiger partial charge in [0, 0.05) is 19.0 Å². The zero-order chi connectivity index (χ0) is 15.4. The van der Waals surface area contributed by atoms with Gasteiger partial charge >= 0.3 is 0 Å². The lowest BCUT2D eigenvalue weighted by Gasteiger charge is -2.18. The lowest BCUT2D eigenvalue weighted by Crippen LogP contribution is -2.37. The van der Waals surface area contributed by atoms with Crippen LogP contribution in [0.2, 0.25) is 5.02 Å². The Kier molecular flexibility index (Phi) is 5.23. The Morgan fingerprint density at radius 1 is 1.33 bits per heavy atom. The molecule has 1 N–H and O–H groups in total. The van der Waals surface area contributed by atoms with E-state index in [2.05, 4.69) is 12.2 Å². The lowest BCUT2D eigenvalue weighted by atomic mass is 10.1. The molecule has 5 heteroatoms. The average Bonchev–Trinajstić information content (AvgIpc) is 2.70. The maximum absolute atomic E-state index is 12.6. The topological polar surface area (TPSA) is 49.4 Å². The summed E-state index contributed by atoms with van der Waals surface area (Å²) < 4.78 is 0. The van der Waals surface area contributed by atoms with Crippen LogP contribution in [0.5, 0.6) is 0 Å². The first kappa shape index (κ1) is 15.8. The molecule has 1 atom stereocenters. The molecule has 4 nitrogen and oxygen atoms in total. The van der Waals surface area contributed by atoms with Crippen LogP contribution in [0.15, 0.2) is 18.2 Å². The van der Waals surface area contributed by atoms with Crippen molar-refractivity contribution in [3.63, 3.8) is 0 Å². The van der Waals surface area contributed by atoms with Crippen molar-refractivity contribution in [2.24, 2.45) is 0 Å². The molecule has 0 unspecified atom stereocenters. The first-order valence-electron chi connectivity index (χ1n) is 7.43. The van der Waals surface area contributed by atoms with Gasteiger partial charge in [-0.3, -0.25) is 9.59 Å². The molecule has 1 aliphatic heterocycles. The lowest BCUT2D eigenvalue weighted by molar-refractivity contribution is -0.126. The third-order valence-electron chi connectivity index (χ3n) is 3.69. The summed E-state index contributed by atoms with van der Waals surface area (Å²) in [6.45, 7) is 4.22. The number of anilines is 1. The van der Waals surface area contributed by atoms with E-state index in [9.17, 15) is 9.59 Å². The fraction of sp³-hybridized carbons (Fsp3) is 0.500. The molecule has 1 aliphatic rings. The van der Waals surface area contributed by atoms with Crippen molar-refractivity contribution in [3.05, 3.63) is 28.8 Å². The molecule has 2 amide bonds. The number of nitrogens with one attached hydrogen (secondary N) is 1. The number of nitrogens with zero attached hydrogens (tertiary/aromatic N) is 1. The molecule has 0 aliphatic carbocycles. The number of benzene rings is 1. The second kappa shape index (κ2) is 6.94. The van der Waals surface area contributed by atoms with E-state index in [-0.39, 0.29) is 11.8 Å². The Bertz CT molecular complexity index is 545. The molecule has 114 valence electrons. The molecule has 0 saturated heterocycles. The van der Waals surface area contributed by atoms with E-state index in [1.54, 1.807) is 11.0 Å². The van der Waals surface area contributed by atoms with Crippen LogP contribution in [-0.4, -0.2) is 18.4 Å². The van der Waals surface area contributed by atoms with Gasteiger partial charge in [0.05, 0.1) is 10.7 Å². The Morgan fingerprint density at radius 2 is 2.10 bits per heavy atom. The fourth-order valence-electron chi connectivity index (χ4n) is 2.71. The van der Waals surface area contributed by atoms with Crippen LogP contribution in [0.3, 0.4) is 0 Å². The zero-order valence-corrected chi connectivity index (χ0v) is 13.2. The molecule has 0 fully saturated rings. The van der Waals surface area contributed by atoms with E-state index >= 15 is 0 Å². The molecule has 0 aromatic heterocycles. The first-order valence-corrected chi connectivity index (χ1v) is 7.81. The van der Waals surface area contributed by atoms with Crippen molar-refractivity contribution in [1.82, 2.24) is 5.32 Å². The van der Waals surface area contributed by atoms with Gasteiger partial charge in [0.2, 0.25) is 5.91 Å². The number of hydrogen-bond acceptors (Lipinski definition) is 2. The quantitative estimate of drug-likeness (QED) is 0.818. The zero-order valence-electron chi connectivity index (χ0n) is 12.5. The monoisotopic (exact) mass is 308 g/mol. The maximum Gasteiger partial charge on any atom is 0.254 e. The molecule has 1 aromatic rings. The molecular formula is C16H21ClN2O2. The predicted molar refractivity (Wildman–Crippen MR) is 84.5 cm³/mol. The van der Waals surface area contributed by atoms with Crippen molar-refractivity contribution < 1.29 is 9.59 Å². The second-order valence-corrected chi connectivity index (χ2v) is 5.77. The Hall–Kier alpha value is -1.55. The van der Waals surface area contributed by atoms with Gasteiger partial charge in [-0.25, -0.2) is 0 Å². The van der Waals surface area contributed by atoms with Gasteiger partial charge in [0.15, 0.2) is 0 Å². The van der Waals surface area contributed by atoms with Gasteiger partial charge in [-0.2, -0.15) is 0 Å².